The van der Waals surface area contributed by atoms with E-state index in [4.69, 9.17) is 0 Å². The largest absolute Gasteiger partial charge is 0.309 e. The van der Waals surface area contributed by atoms with Crippen LogP contribution in [0.2, 0.25) is 0 Å². The number of H-pyrrole nitrogens is 1. The summed E-state index contributed by atoms with van der Waals surface area (Å²) in [6.07, 6.45) is 1.57. The van der Waals surface area contributed by atoms with Crippen molar-refractivity contribution in [1.82, 2.24) is 14.9 Å². The lowest BCUT2D eigenvalue weighted by Gasteiger charge is -2.30. The number of hydrogen-bond acceptors (Lipinski definition) is 4. The molecule has 1 aliphatic heterocycles. The summed E-state index contributed by atoms with van der Waals surface area (Å²) < 4.78 is 0. The molecule has 0 spiro atoms. The van der Waals surface area contributed by atoms with Crippen molar-refractivity contribution < 1.29 is 0 Å². The molecule has 1 saturated heterocycles. The third-order valence-electron chi connectivity index (χ3n) is 2.40. The van der Waals surface area contributed by atoms with Gasteiger partial charge in [-0.1, -0.05) is 0 Å². The number of aromatic nitrogens is 2. The Morgan fingerprint density at radius 2 is 2.57 bits per heavy atom. The number of nitrogens with one attached hydrogen (secondary N) is 1. The van der Waals surface area contributed by atoms with Gasteiger partial charge in [-0.25, -0.2) is 4.98 Å². The number of hydrogen-bond donors (Lipinski definition) is 1. The summed E-state index contributed by atoms with van der Waals surface area (Å²) in [7, 11) is 2.07. The van der Waals surface area contributed by atoms with Crippen LogP contribution in [-0.2, 0) is 0 Å². The van der Waals surface area contributed by atoms with Crippen LogP contribution in [0.4, 0.5) is 0 Å². The topological polar surface area (TPSA) is 49.0 Å². The van der Waals surface area contributed by atoms with Gasteiger partial charge in [-0.3, -0.25) is 9.69 Å². The summed E-state index contributed by atoms with van der Waals surface area (Å²) in [5.41, 5.74) is -0.0704. The zero-order chi connectivity index (χ0) is 9.97. The Balaban J connectivity index is 2.24. The molecule has 0 aliphatic carbocycles. The van der Waals surface area contributed by atoms with Crippen molar-refractivity contribution in [1.29, 1.82) is 0 Å². The summed E-state index contributed by atoms with van der Waals surface area (Å²) in [5.74, 6) is 2.94. The van der Waals surface area contributed by atoms with E-state index in [0.29, 0.717) is 0 Å². The Hall–Kier alpha value is -0.810. The van der Waals surface area contributed by atoms with Crippen LogP contribution in [0.5, 0.6) is 0 Å². The Kier molecular flexibility index (Phi) is 2.88. The van der Waals surface area contributed by atoms with E-state index in [1.54, 1.807) is 6.20 Å². The van der Waals surface area contributed by atoms with Crippen LogP contribution in [-0.4, -0.2) is 40.0 Å². The monoisotopic (exact) mass is 211 g/mol. The smallest absolute Gasteiger partial charge is 0.250 e. The third kappa shape index (κ3) is 1.99. The van der Waals surface area contributed by atoms with E-state index in [9.17, 15) is 4.79 Å². The maximum Gasteiger partial charge on any atom is 0.250 e. The fourth-order valence-corrected chi connectivity index (χ4v) is 2.75. The van der Waals surface area contributed by atoms with E-state index in [-0.39, 0.29) is 11.6 Å². The lowest BCUT2D eigenvalue weighted by Crippen LogP contribution is -2.34. The number of rotatable bonds is 1. The summed E-state index contributed by atoms with van der Waals surface area (Å²) in [6, 6.07) is 1.70. The van der Waals surface area contributed by atoms with Crippen molar-refractivity contribution in [2.45, 2.75) is 6.04 Å². The second kappa shape index (κ2) is 4.14. The highest BCUT2D eigenvalue weighted by Gasteiger charge is 2.22. The minimum Gasteiger partial charge on any atom is -0.309 e. The van der Waals surface area contributed by atoms with Crippen molar-refractivity contribution in [2.75, 3.05) is 25.1 Å². The van der Waals surface area contributed by atoms with Crippen LogP contribution in [0.3, 0.4) is 0 Å². The Morgan fingerprint density at radius 3 is 3.29 bits per heavy atom. The molecule has 1 aromatic rings. The summed E-state index contributed by atoms with van der Waals surface area (Å²) >= 11 is 1.90. The van der Waals surface area contributed by atoms with Crippen LogP contribution in [0.1, 0.15) is 11.9 Å². The second-order valence-electron chi connectivity index (χ2n) is 3.39. The Labute approximate surface area is 86.7 Å². The van der Waals surface area contributed by atoms with Crippen LogP contribution in [0, 0.1) is 0 Å². The molecule has 1 atom stereocenters. The molecule has 1 aromatic heterocycles. The van der Waals surface area contributed by atoms with E-state index < -0.39 is 0 Å². The maximum absolute atomic E-state index is 11.1. The van der Waals surface area contributed by atoms with Crippen molar-refractivity contribution in [3.05, 3.63) is 28.4 Å². The molecule has 1 unspecified atom stereocenters. The first kappa shape index (κ1) is 9.73. The van der Waals surface area contributed by atoms with Gasteiger partial charge in [0, 0.05) is 30.3 Å². The van der Waals surface area contributed by atoms with E-state index in [1.165, 1.54) is 6.07 Å². The molecule has 2 rings (SSSR count). The molecule has 1 N–H and O–H groups in total. The minimum absolute atomic E-state index is 0.0704. The van der Waals surface area contributed by atoms with Crippen molar-refractivity contribution in [3.8, 4) is 0 Å². The van der Waals surface area contributed by atoms with Gasteiger partial charge in [-0.2, -0.15) is 11.8 Å². The first-order valence-corrected chi connectivity index (χ1v) is 5.76. The highest BCUT2D eigenvalue weighted by atomic mass is 32.2. The molecule has 4 nitrogen and oxygen atoms in total. The Bertz CT molecular complexity index is 365. The molecule has 0 saturated carbocycles. The molecule has 76 valence electrons. The number of aromatic amines is 1. The minimum atomic E-state index is -0.0704. The van der Waals surface area contributed by atoms with Gasteiger partial charge in [0.1, 0.15) is 5.82 Å². The van der Waals surface area contributed by atoms with Crippen molar-refractivity contribution in [2.24, 2.45) is 0 Å². The number of nitrogens with zero attached hydrogens (tertiary/aromatic N) is 2. The van der Waals surface area contributed by atoms with Gasteiger partial charge in [-0.05, 0) is 7.05 Å². The summed E-state index contributed by atoms with van der Waals surface area (Å²) in [4.78, 5) is 20.3. The second-order valence-corrected chi connectivity index (χ2v) is 4.54. The normalized spacial score (nSPS) is 23.6. The fraction of sp³-hybridized carbons (Fsp3) is 0.556. The van der Waals surface area contributed by atoms with Gasteiger partial charge >= 0.3 is 0 Å². The van der Waals surface area contributed by atoms with Gasteiger partial charge < -0.3 is 4.98 Å². The molecule has 14 heavy (non-hydrogen) atoms. The fourth-order valence-electron chi connectivity index (χ4n) is 1.53. The first-order chi connectivity index (χ1) is 6.77. The maximum atomic E-state index is 11.1. The van der Waals surface area contributed by atoms with E-state index in [2.05, 4.69) is 21.9 Å². The quantitative estimate of drug-likeness (QED) is 0.734. The van der Waals surface area contributed by atoms with Gasteiger partial charge in [0.25, 0.3) is 5.56 Å². The summed E-state index contributed by atoms with van der Waals surface area (Å²) in [5, 5.41) is 0. The SMILES string of the molecule is CN1CCSCC1c1nccc(=O)[nH]1. The van der Waals surface area contributed by atoms with E-state index in [1.807, 2.05) is 11.8 Å². The van der Waals surface area contributed by atoms with Crippen molar-refractivity contribution in [3.63, 3.8) is 0 Å². The molecule has 1 fully saturated rings. The van der Waals surface area contributed by atoms with E-state index >= 15 is 0 Å². The average molecular weight is 211 g/mol. The highest BCUT2D eigenvalue weighted by molar-refractivity contribution is 7.99. The third-order valence-corrected chi connectivity index (χ3v) is 3.43. The molecule has 0 bridgehead atoms. The molecule has 1 aliphatic rings. The Morgan fingerprint density at radius 1 is 1.71 bits per heavy atom. The molecule has 0 aromatic carbocycles. The number of thioether (sulfide) groups is 1. The lowest BCUT2D eigenvalue weighted by atomic mass is 10.2. The van der Waals surface area contributed by atoms with Crippen LogP contribution in [0.25, 0.3) is 0 Å². The summed E-state index contributed by atoms with van der Waals surface area (Å²) in [6.45, 7) is 1.05. The lowest BCUT2D eigenvalue weighted by molar-refractivity contribution is 0.264. The van der Waals surface area contributed by atoms with Crippen LogP contribution >= 0.6 is 11.8 Å². The molecule has 0 radical (unpaired) electrons. The molecule has 5 heteroatoms. The zero-order valence-corrected chi connectivity index (χ0v) is 8.88. The zero-order valence-electron chi connectivity index (χ0n) is 8.06. The predicted molar refractivity (Wildman–Crippen MR) is 57.6 cm³/mol. The first-order valence-electron chi connectivity index (χ1n) is 4.60. The standard InChI is InChI=1S/C9H13N3OS/c1-12-4-5-14-6-7(12)9-10-3-2-8(13)11-9/h2-3,7H,4-6H2,1H3,(H,10,11,13). The van der Waals surface area contributed by atoms with Gasteiger partial charge in [0.05, 0.1) is 6.04 Å². The predicted octanol–water partition coefficient (Wildman–Crippen LogP) is 0.490. The van der Waals surface area contributed by atoms with Gasteiger partial charge in [0.2, 0.25) is 0 Å². The molecular formula is C9H13N3OS. The highest BCUT2D eigenvalue weighted by Crippen LogP contribution is 2.24. The van der Waals surface area contributed by atoms with E-state index in [0.717, 1.165) is 23.9 Å². The van der Waals surface area contributed by atoms with Crippen molar-refractivity contribution >= 4 is 11.8 Å². The molecular weight excluding hydrogens is 198 g/mol. The van der Waals surface area contributed by atoms with Gasteiger partial charge in [-0.15, -0.1) is 0 Å². The average Bonchev–Trinajstić information content (AvgIpc) is 2.18. The van der Waals surface area contributed by atoms with Gasteiger partial charge in [0.15, 0.2) is 0 Å². The molecule has 0 amide bonds. The van der Waals surface area contributed by atoms with Crippen LogP contribution in [0.15, 0.2) is 17.1 Å². The molecule has 2 heterocycles. The van der Waals surface area contributed by atoms with Crippen LogP contribution < -0.4 is 5.56 Å².